The molecule has 28 heavy (non-hydrogen) atoms. The van der Waals surface area contributed by atoms with E-state index in [1.165, 1.54) is 4.90 Å². The second-order valence-electron chi connectivity index (χ2n) is 6.93. The van der Waals surface area contributed by atoms with Crippen LogP contribution in [-0.2, 0) is 10.3 Å². The van der Waals surface area contributed by atoms with Crippen molar-refractivity contribution < 1.29 is 4.79 Å². The molecular weight excluding hydrogens is 388 g/mol. The van der Waals surface area contributed by atoms with E-state index < -0.39 is 5.54 Å². The Kier molecular flexibility index (Phi) is 4.53. The van der Waals surface area contributed by atoms with Gasteiger partial charge < -0.3 is 5.73 Å². The van der Waals surface area contributed by atoms with Crippen LogP contribution in [0.5, 0.6) is 0 Å². The van der Waals surface area contributed by atoms with Gasteiger partial charge in [-0.1, -0.05) is 12.1 Å². The van der Waals surface area contributed by atoms with Crippen molar-refractivity contribution in [3.8, 4) is 27.6 Å². The van der Waals surface area contributed by atoms with Crippen LogP contribution in [0.25, 0.3) is 21.6 Å². The van der Waals surface area contributed by atoms with Crippen LogP contribution in [0.1, 0.15) is 23.8 Å². The largest absolute Gasteiger partial charge is 0.369 e. The van der Waals surface area contributed by atoms with Crippen LogP contribution in [0.4, 0.5) is 0 Å². The number of hydrogen-bond acceptors (Lipinski definition) is 6. The van der Waals surface area contributed by atoms with Gasteiger partial charge in [-0.3, -0.25) is 9.69 Å². The summed E-state index contributed by atoms with van der Waals surface area (Å²) in [6.45, 7) is 1.95. The Bertz CT molecular complexity index is 1120. The van der Waals surface area contributed by atoms with Crippen LogP contribution >= 0.6 is 22.7 Å². The Hall–Kier alpha value is -2.95. The van der Waals surface area contributed by atoms with E-state index in [4.69, 9.17) is 5.73 Å². The van der Waals surface area contributed by atoms with Gasteiger partial charge in [0.15, 0.2) is 5.96 Å². The summed E-state index contributed by atoms with van der Waals surface area (Å²) >= 11 is 3.26. The first-order chi connectivity index (χ1) is 13.4. The average Bonchev–Trinajstić information content (AvgIpc) is 3.35. The van der Waals surface area contributed by atoms with E-state index in [0.29, 0.717) is 5.56 Å². The summed E-state index contributed by atoms with van der Waals surface area (Å²) in [5.41, 5.74) is 9.05. The van der Waals surface area contributed by atoms with Crippen LogP contribution in [0, 0.1) is 11.3 Å². The predicted molar refractivity (Wildman–Crippen MR) is 114 cm³/mol. The fraction of sp³-hybridized carbons (Fsp3) is 0.190. The number of amides is 1. The highest BCUT2D eigenvalue weighted by Gasteiger charge is 2.38. The number of thiophene rings is 2. The molecule has 2 aromatic heterocycles. The van der Waals surface area contributed by atoms with E-state index in [1.807, 2.05) is 30.5 Å². The van der Waals surface area contributed by atoms with Crippen molar-refractivity contribution in [1.29, 1.82) is 5.26 Å². The number of guanidine groups is 1. The zero-order valence-corrected chi connectivity index (χ0v) is 17.1. The van der Waals surface area contributed by atoms with Crippen LogP contribution in [0.15, 0.2) is 52.2 Å². The van der Waals surface area contributed by atoms with Gasteiger partial charge in [-0.05, 0) is 47.5 Å². The van der Waals surface area contributed by atoms with Crippen molar-refractivity contribution in [2.24, 2.45) is 10.7 Å². The van der Waals surface area contributed by atoms with Gasteiger partial charge in [0, 0.05) is 27.9 Å². The Balaban J connectivity index is 1.90. The molecule has 0 bridgehead atoms. The van der Waals surface area contributed by atoms with Gasteiger partial charge in [-0.15, -0.1) is 11.3 Å². The molecule has 1 aromatic carbocycles. The first kappa shape index (κ1) is 18.4. The maximum Gasteiger partial charge on any atom is 0.231 e. The Morgan fingerprint density at radius 1 is 1.29 bits per heavy atom. The van der Waals surface area contributed by atoms with E-state index in [0.717, 1.165) is 26.4 Å². The SMILES string of the molecule is CN1C(=O)C[C@](C)(c2cc(-c3cccc(C#N)c3)c(-c3ccsc3)s2)N=C1N. The maximum absolute atomic E-state index is 12.4. The van der Waals surface area contributed by atoms with Crippen LogP contribution in [0.3, 0.4) is 0 Å². The van der Waals surface area contributed by atoms with Gasteiger partial charge in [0.1, 0.15) is 5.54 Å². The third kappa shape index (κ3) is 3.11. The Morgan fingerprint density at radius 2 is 2.11 bits per heavy atom. The van der Waals surface area contributed by atoms with E-state index in [9.17, 15) is 10.1 Å². The van der Waals surface area contributed by atoms with Gasteiger partial charge in [0.25, 0.3) is 0 Å². The maximum atomic E-state index is 12.4. The lowest BCUT2D eigenvalue weighted by Gasteiger charge is -2.32. The first-order valence-electron chi connectivity index (χ1n) is 8.70. The summed E-state index contributed by atoms with van der Waals surface area (Å²) in [7, 11) is 1.64. The van der Waals surface area contributed by atoms with Gasteiger partial charge in [-0.2, -0.15) is 16.6 Å². The van der Waals surface area contributed by atoms with E-state index in [2.05, 4.69) is 28.6 Å². The molecule has 2 N–H and O–H groups in total. The van der Waals surface area contributed by atoms with Crippen molar-refractivity contribution in [2.45, 2.75) is 18.9 Å². The molecule has 1 aliphatic rings. The molecule has 3 aromatic rings. The molecule has 0 unspecified atom stereocenters. The molecule has 4 rings (SSSR count). The van der Waals surface area contributed by atoms with Crippen molar-refractivity contribution in [3.05, 3.63) is 57.6 Å². The molecule has 1 amide bonds. The number of aliphatic imine (C=N–C) groups is 1. The average molecular weight is 407 g/mol. The number of carbonyl (C=O) groups is 1. The molecule has 0 saturated carbocycles. The van der Waals surface area contributed by atoms with E-state index >= 15 is 0 Å². The highest BCUT2D eigenvalue weighted by atomic mass is 32.1. The summed E-state index contributed by atoms with van der Waals surface area (Å²) in [4.78, 5) is 20.5. The fourth-order valence-corrected chi connectivity index (χ4v) is 5.27. The standard InChI is InChI=1S/C21H18N4OS2/c1-21(10-18(26)25(2)20(23)24-21)17-9-16(14-5-3-4-13(8-14)11-22)19(28-17)15-6-7-27-12-15/h3-9,12H,10H2,1-2H3,(H2,23,24)/t21-/m1/s1. The normalized spacial score (nSPS) is 19.4. The predicted octanol–water partition coefficient (Wildman–Crippen LogP) is 4.41. The molecule has 1 atom stereocenters. The zero-order valence-electron chi connectivity index (χ0n) is 15.5. The number of nitrogens with zero attached hydrogens (tertiary/aromatic N) is 3. The lowest BCUT2D eigenvalue weighted by molar-refractivity contribution is -0.128. The molecule has 7 heteroatoms. The molecular formula is C21H18N4OS2. The summed E-state index contributed by atoms with van der Waals surface area (Å²) in [5.74, 6) is 0.186. The Labute approximate surface area is 171 Å². The third-order valence-corrected chi connectivity index (χ3v) is 7.04. The molecule has 1 aliphatic heterocycles. The monoisotopic (exact) mass is 406 g/mol. The Morgan fingerprint density at radius 3 is 2.79 bits per heavy atom. The highest BCUT2D eigenvalue weighted by molar-refractivity contribution is 7.17. The minimum Gasteiger partial charge on any atom is -0.369 e. The molecule has 3 heterocycles. The number of hydrogen-bond donors (Lipinski definition) is 1. The van der Waals surface area contributed by atoms with Crippen molar-refractivity contribution in [2.75, 3.05) is 7.05 Å². The van der Waals surface area contributed by atoms with E-state index in [1.54, 1.807) is 35.8 Å². The minimum atomic E-state index is -0.700. The molecule has 0 radical (unpaired) electrons. The molecule has 0 spiro atoms. The summed E-state index contributed by atoms with van der Waals surface area (Å²) in [6, 6.07) is 13.9. The van der Waals surface area contributed by atoms with Gasteiger partial charge in [0.05, 0.1) is 18.1 Å². The van der Waals surface area contributed by atoms with Crippen LogP contribution < -0.4 is 5.73 Å². The van der Waals surface area contributed by atoms with Crippen molar-refractivity contribution in [3.63, 3.8) is 0 Å². The number of carbonyl (C=O) groups excluding carboxylic acids is 1. The van der Waals surface area contributed by atoms with Gasteiger partial charge in [-0.25, -0.2) is 4.99 Å². The zero-order chi connectivity index (χ0) is 19.9. The molecule has 140 valence electrons. The van der Waals surface area contributed by atoms with Crippen LogP contribution in [-0.4, -0.2) is 23.8 Å². The molecule has 0 fully saturated rings. The van der Waals surface area contributed by atoms with Crippen molar-refractivity contribution >= 4 is 34.5 Å². The highest BCUT2D eigenvalue weighted by Crippen LogP contribution is 2.46. The van der Waals surface area contributed by atoms with Crippen molar-refractivity contribution in [1.82, 2.24) is 4.90 Å². The quantitative estimate of drug-likeness (QED) is 0.699. The lowest BCUT2D eigenvalue weighted by Crippen LogP contribution is -2.47. The topological polar surface area (TPSA) is 82.5 Å². The second kappa shape index (κ2) is 6.89. The fourth-order valence-electron chi connectivity index (χ4n) is 3.29. The third-order valence-electron chi connectivity index (χ3n) is 4.92. The number of rotatable bonds is 3. The van der Waals surface area contributed by atoms with Crippen LogP contribution in [0.2, 0.25) is 0 Å². The van der Waals surface area contributed by atoms with E-state index in [-0.39, 0.29) is 18.3 Å². The summed E-state index contributed by atoms with van der Waals surface area (Å²) in [5, 5.41) is 13.4. The minimum absolute atomic E-state index is 0.0477. The smallest absolute Gasteiger partial charge is 0.231 e. The first-order valence-corrected chi connectivity index (χ1v) is 10.5. The second-order valence-corrected chi connectivity index (χ2v) is 8.76. The van der Waals surface area contributed by atoms with Gasteiger partial charge >= 0.3 is 0 Å². The lowest BCUT2D eigenvalue weighted by atomic mass is 9.92. The van der Waals surface area contributed by atoms with Gasteiger partial charge in [0.2, 0.25) is 5.91 Å². The number of nitriles is 1. The molecule has 0 saturated heterocycles. The molecule has 0 aliphatic carbocycles. The molecule has 5 nitrogen and oxygen atoms in total. The number of benzene rings is 1. The number of nitrogens with two attached hydrogens (primary N) is 1. The summed E-state index contributed by atoms with van der Waals surface area (Å²) in [6.07, 6.45) is 0.269. The summed E-state index contributed by atoms with van der Waals surface area (Å²) < 4.78 is 0.